The first kappa shape index (κ1) is 21.3. The van der Waals surface area contributed by atoms with Crippen molar-refractivity contribution < 1.29 is 18.3 Å². The average Bonchev–Trinajstić information content (AvgIpc) is 3.40. The Labute approximate surface area is 204 Å². The van der Waals surface area contributed by atoms with E-state index in [9.17, 15) is 4.79 Å². The van der Waals surface area contributed by atoms with Gasteiger partial charge in [-0.15, -0.1) is 11.3 Å². The van der Waals surface area contributed by atoms with E-state index in [1.54, 1.807) is 0 Å². The Bertz CT molecular complexity index is 1390. The van der Waals surface area contributed by atoms with E-state index in [2.05, 4.69) is 15.2 Å². The number of aryl methyl sites for hydroxylation is 1. The molecule has 3 aromatic rings. The molecule has 4 aliphatic rings. The van der Waals surface area contributed by atoms with Crippen molar-refractivity contribution in [1.82, 2.24) is 15.2 Å². The van der Waals surface area contributed by atoms with Crippen molar-refractivity contribution in [2.75, 3.05) is 23.8 Å². The zero-order valence-corrected chi connectivity index (χ0v) is 20.0. The number of hydrogen-bond donors (Lipinski definition) is 2. The number of pyridine rings is 1. The number of nitrogens with zero attached hydrogens (tertiary/aromatic N) is 3. The Hall–Kier alpha value is -2.98. The molecule has 3 fully saturated rings. The second kappa shape index (κ2) is 7.51. The van der Waals surface area contributed by atoms with Crippen LogP contribution in [0.2, 0.25) is 0 Å². The molecule has 0 bridgehead atoms. The van der Waals surface area contributed by atoms with E-state index in [1.165, 1.54) is 23.8 Å². The number of thiophene rings is 1. The van der Waals surface area contributed by atoms with Gasteiger partial charge in [0.05, 0.1) is 23.6 Å². The lowest BCUT2D eigenvalue weighted by Gasteiger charge is -2.45. The number of nitrogens with two attached hydrogens (primary N) is 1. The average molecular weight is 498 g/mol. The first-order valence-corrected chi connectivity index (χ1v) is 12.8. The van der Waals surface area contributed by atoms with Crippen LogP contribution in [0.1, 0.15) is 40.2 Å². The van der Waals surface area contributed by atoms with Gasteiger partial charge < -0.3 is 20.7 Å². The quantitative estimate of drug-likeness (QED) is 0.576. The zero-order chi connectivity index (χ0) is 24.0. The number of rotatable bonds is 3. The molecule has 0 saturated carbocycles. The highest BCUT2D eigenvalue weighted by Crippen LogP contribution is 2.49. The largest absolute Gasteiger partial charge is 0.488 e. The van der Waals surface area contributed by atoms with E-state index < -0.39 is 17.7 Å². The number of hydrogen-bond acceptors (Lipinski definition) is 7. The van der Waals surface area contributed by atoms with E-state index in [1.807, 2.05) is 24.0 Å². The number of nitrogen functional groups attached to an aromatic ring is 1. The van der Waals surface area contributed by atoms with Crippen LogP contribution in [0.3, 0.4) is 0 Å². The highest BCUT2D eigenvalue weighted by atomic mass is 32.1. The maximum absolute atomic E-state index is 15.6. The Morgan fingerprint density at radius 1 is 1.29 bits per heavy atom. The molecule has 182 valence electrons. The number of ether oxygens (including phenoxy) is 1. The Morgan fingerprint density at radius 2 is 2.11 bits per heavy atom. The first-order chi connectivity index (χ1) is 16.9. The molecule has 4 aliphatic heterocycles. The Balaban J connectivity index is 1.12. The maximum Gasteiger partial charge on any atom is 0.263 e. The molecule has 6 heterocycles. The zero-order valence-electron chi connectivity index (χ0n) is 19.2. The topological polar surface area (TPSA) is 83.7 Å². The van der Waals surface area contributed by atoms with Crippen molar-refractivity contribution in [2.45, 2.75) is 56.9 Å². The summed E-state index contributed by atoms with van der Waals surface area (Å²) in [5.74, 6) is -1.41. The van der Waals surface area contributed by atoms with Gasteiger partial charge >= 0.3 is 0 Å². The van der Waals surface area contributed by atoms with Crippen molar-refractivity contribution >= 4 is 38.8 Å². The van der Waals surface area contributed by atoms with E-state index in [4.69, 9.17) is 10.5 Å². The van der Waals surface area contributed by atoms with E-state index >= 15 is 8.78 Å². The highest BCUT2D eigenvalue weighted by molar-refractivity contribution is 7.21. The van der Waals surface area contributed by atoms with Crippen molar-refractivity contribution in [3.63, 3.8) is 0 Å². The summed E-state index contributed by atoms with van der Waals surface area (Å²) in [7, 11) is 0. The summed E-state index contributed by atoms with van der Waals surface area (Å²) in [6, 6.07) is 5.52. The fraction of sp³-hybridized carbons (Fsp3) is 0.440. The lowest BCUT2D eigenvalue weighted by atomic mass is 9.97. The van der Waals surface area contributed by atoms with Gasteiger partial charge in [-0.1, -0.05) is 0 Å². The summed E-state index contributed by atoms with van der Waals surface area (Å²) in [5.41, 5.74) is 7.86. The van der Waals surface area contributed by atoms with Crippen LogP contribution in [0.15, 0.2) is 18.2 Å². The number of carbonyl (C=O) groups is 1. The summed E-state index contributed by atoms with van der Waals surface area (Å²) in [6.07, 6.45) is 3.62. The number of anilines is 2. The van der Waals surface area contributed by atoms with Crippen LogP contribution >= 0.6 is 11.3 Å². The van der Waals surface area contributed by atoms with Crippen LogP contribution in [-0.2, 0) is 6.42 Å². The van der Waals surface area contributed by atoms with Crippen molar-refractivity contribution in [3.05, 3.63) is 46.0 Å². The Kier molecular flexibility index (Phi) is 4.57. The number of amides is 1. The summed E-state index contributed by atoms with van der Waals surface area (Å²) < 4.78 is 36.5. The molecule has 4 atom stereocenters. The first-order valence-electron chi connectivity index (χ1n) is 12.0. The van der Waals surface area contributed by atoms with Crippen LogP contribution in [-0.4, -0.2) is 53.2 Å². The summed E-state index contributed by atoms with van der Waals surface area (Å²) in [5, 5.41) is 3.61. The molecule has 7 nitrogen and oxygen atoms in total. The van der Waals surface area contributed by atoms with Gasteiger partial charge in [-0.2, -0.15) is 0 Å². The molecule has 10 heteroatoms. The highest BCUT2D eigenvalue weighted by Gasteiger charge is 2.55. The monoisotopic (exact) mass is 497 g/mol. The maximum atomic E-state index is 15.6. The van der Waals surface area contributed by atoms with Crippen LogP contribution < -0.4 is 20.7 Å². The molecule has 1 aromatic carbocycles. The molecule has 3 unspecified atom stereocenters. The fourth-order valence-electron chi connectivity index (χ4n) is 6.28. The predicted molar refractivity (Wildman–Crippen MR) is 130 cm³/mol. The van der Waals surface area contributed by atoms with Gasteiger partial charge in [0.1, 0.15) is 22.1 Å². The summed E-state index contributed by atoms with van der Waals surface area (Å²) in [6.45, 7) is 2.65. The van der Waals surface area contributed by atoms with Crippen molar-refractivity contribution in [3.8, 4) is 5.75 Å². The third-order valence-electron chi connectivity index (χ3n) is 7.98. The summed E-state index contributed by atoms with van der Waals surface area (Å²) in [4.78, 5) is 22.9. The van der Waals surface area contributed by atoms with Crippen LogP contribution in [0.4, 0.5) is 20.2 Å². The minimum atomic E-state index is -0.508. The standard InChI is InChI=1S/C25H25F2N5O2S/c1-11-2-5-15-21(28)23(35-25(15)29-11)24(33)30-12-6-16-17(26)8-18(20(27)22(16)34-10-12)31-9-14-4-3-13-7-19(31)32(13)14/h2,5,8,12-14,19H,3-4,6-7,9-10,28H2,1H3,(H,30,33)/t12-,13?,14?,19?/m1/s1. The van der Waals surface area contributed by atoms with Gasteiger partial charge in [0.15, 0.2) is 11.6 Å². The van der Waals surface area contributed by atoms with Crippen LogP contribution in [0, 0.1) is 18.6 Å². The molecule has 3 saturated heterocycles. The molecule has 1 amide bonds. The minimum Gasteiger partial charge on any atom is -0.488 e. The second-order valence-corrected chi connectivity index (χ2v) is 11.0. The number of halogens is 2. The van der Waals surface area contributed by atoms with E-state index in [0.717, 1.165) is 30.5 Å². The lowest BCUT2D eigenvalue weighted by Crippen LogP contribution is -2.55. The number of carbonyl (C=O) groups excluding carboxylic acids is 1. The van der Waals surface area contributed by atoms with Gasteiger partial charge in [-0.05, 0) is 38.3 Å². The normalized spacial score (nSPS) is 26.9. The molecular weight excluding hydrogens is 472 g/mol. The van der Waals surface area contributed by atoms with Crippen LogP contribution in [0.5, 0.6) is 5.75 Å². The van der Waals surface area contributed by atoms with Gasteiger partial charge in [-0.3, -0.25) is 9.69 Å². The molecule has 0 spiro atoms. The van der Waals surface area contributed by atoms with Gasteiger partial charge in [0, 0.05) is 47.8 Å². The third kappa shape index (κ3) is 3.09. The van der Waals surface area contributed by atoms with Crippen molar-refractivity contribution in [1.29, 1.82) is 0 Å². The number of fused-ring (bicyclic) bond motifs is 2. The van der Waals surface area contributed by atoms with Crippen molar-refractivity contribution in [2.24, 2.45) is 0 Å². The molecular formula is C25H25F2N5O2S. The van der Waals surface area contributed by atoms with E-state index in [0.29, 0.717) is 27.5 Å². The fourth-order valence-corrected chi connectivity index (χ4v) is 7.33. The molecule has 7 rings (SSSR count). The second-order valence-electron chi connectivity index (χ2n) is 10.0. The number of nitrogens with one attached hydrogen (secondary N) is 1. The van der Waals surface area contributed by atoms with Gasteiger partial charge in [-0.25, -0.2) is 13.8 Å². The number of aromatic nitrogens is 1. The Morgan fingerprint density at radius 3 is 2.94 bits per heavy atom. The lowest BCUT2D eigenvalue weighted by molar-refractivity contribution is 0.0642. The number of benzene rings is 1. The third-order valence-corrected chi connectivity index (χ3v) is 9.10. The van der Waals surface area contributed by atoms with Gasteiger partial charge in [0.2, 0.25) is 0 Å². The van der Waals surface area contributed by atoms with E-state index in [-0.39, 0.29) is 42.1 Å². The molecule has 35 heavy (non-hydrogen) atoms. The van der Waals surface area contributed by atoms with Crippen LogP contribution in [0.25, 0.3) is 10.2 Å². The molecule has 0 radical (unpaired) electrons. The summed E-state index contributed by atoms with van der Waals surface area (Å²) >= 11 is 1.22. The minimum absolute atomic E-state index is 0.0329. The molecule has 0 aliphatic carbocycles. The molecule has 2 aromatic heterocycles. The molecule has 3 N–H and O–H groups in total. The smallest absolute Gasteiger partial charge is 0.263 e. The predicted octanol–water partition coefficient (Wildman–Crippen LogP) is 3.58. The van der Waals surface area contributed by atoms with Gasteiger partial charge in [0.25, 0.3) is 5.91 Å². The SMILES string of the molecule is Cc1ccc2c(N)c(C(=O)N[C@H]3COc4c(F)c(N5CC6CCC7CC5N76)cc(F)c4C3)sc2n1.